The molecule has 0 atom stereocenters. The highest BCUT2D eigenvalue weighted by molar-refractivity contribution is 6.02. The Morgan fingerprint density at radius 3 is 2.60 bits per heavy atom. The number of nitrogens with zero attached hydrogens (tertiary/aromatic N) is 6. The van der Waals surface area contributed by atoms with Crippen molar-refractivity contribution >= 4 is 22.6 Å². The van der Waals surface area contributed by atoms with Crippen LogP contribution in [0.4, 0.5) is 5.82 Å². The van der Waals surface area contributed by atoms with E-state index in [0.717, 1.165) is 16.5 Å². The maximum atomic E-state index is 12.7. The standard InChI is InChI=1S/C21H23N7O2/c1-14(2)30-18-11-7-10-17-20(18)21(22-19(29)13-27-15(3)23-25-26-27)24-28(17)12-16-8-5-4-6-9-16/h4-11,14H,12-13H2,1-3H3,(H,22,24,29). The van der Waals surface area contributed by atoms with E-state index in [1.54, 1.807) is 6.92 Å². The Balaban J connectivity index is 1.71. The van der Waals surface area contributed by atoms with E-state index < -0.39 is 0 Å². The molecule has 30 heavy (non-hydrogen) atoms. The van der Waals surface area contributed by atoms with Crippen LogP contribution < -0.4 is 10.1 Å². The average Bonchev–Trinajstić information content (AvgIpc) is 3.26. The maximum Gasteiger partial charge on any atom is 0.247 e. The SMILES string of the molecule is Cc1nnnn1CC(=O)Nc1nn(Cc2ccccc2)c2cccc(OC(C)C)c12. The highest BCUT2D eigenvalue weighted by atomic mass is 16.5. The van der Waals surface area contributed by atoms with Gasteiger partial charge in [0.15, 0.2) is 5.82 Å². The van der Waals surface area contributed by atoms with Crippen molar-refractivity contribution in [2.24, 2.45) is 0 Å². The Morgan fingerprint density at radius 2 is 1.90 bits per heavy atom. The minimum Gasteiger partial charge on any atom is -0.490 e. The van der Waals surface area contributed by atoms with Crippen LogP contribution in [0.3, 0.4) is 0 Å². The van der Waals surface area contributed by atoms with Gasteiger partial charge in [-0.3, -0.25) is 9.48 Å². The molecule has 0 spiro atoms. The van der Waals surface area contributed by atoms with Gasteiger partial charge in [-0.2, -0.15) is 5.10 Å². The van der Waals surface area contributed by atoms with Crippen LogP contribution in [0.5, 0.6) is 5.75 Å². The number of ether oxygens (including phenoxy) is 1. The molecule has 2 aromatic heterocycles. The van der Waals surface area contributed by atoms with Gasteiger partial charge in [-0.05, 0) is 48.9 Å². The Kier molecular flexibility index (Phi) is 5.42. The van der Waals surface area contributed by atoms with Crippen LogP contribution in [0.15, 0.2) is 48.5 Å². The summed E-state index contributed by atoms with van der Waals surface area (Å²) in [7, 11) is 0. The van der Waals surface area contributed by atoms with Crippen molar-refractivity contribution in [2.75, 3.05) is 5.32 Å². The van der Waals surface area contributed by atoms with E-state index in [4.69, 9.17) is 4.74 Å². The molecular formula is C21H23N7O2. The van der Waals surface area contributed by atoms with Crippen molar-refractivity contribution in [3.63, 3.8) is 0 Å². The number of carbonyl (C=O) groups is 1. The quantitative estimate of drug-likeness (QED) is 0.508. The summed E-state index contributed by atoms with van der Waals surface area (Å²) in [6.45, 7) is 6.24. The number of anilines is 1. The first kappa shape index (κ1) is 19.6. The number of fused-ring (bicyclic) bond motifs is 1. The lowest BCUT2D eigenvalue weighted by Crippen LogP contribution is -2.21. The van der Waals surface area contributed by atoms with Crippen molar-refractivity contribution in [3.8, 4) is 5.75 Å². The summed E-state index contributed by atoms with van der Waals surface area (Å²) < 4.78 is 9.30. The third kappa shape index (κ3) is 4.14. The second kappa shape index (κ2) is 8.32. The number of carbonyl (C=O) groups excluding carboxylic acids is 1. The van der Waals surface area contributed by atoms with Crippen molar-refractivity contribution < 1.29 is 9.53 Å². The van der Waals surface area contributed by atoms with Crippen LogP contribution in [-0.2, 0) is 17.9 Å². The number of aromatic nitrogens is 6. The molecule has 0 aliphatic carbocycles. The summed E-state index contributed by atoms with van der Waals surface area (Å²) in [5, 5.41) is 19.6. The fourth-order valence-electron chi connectivity index (χ4n) is 3.22. The highest BCUT2D eigenvalue weighted by Crippen LogP contribution is 2.33. The van der Waals surface area contributed by atoms with Crippen LogP contribution in [0.2, 0.25) is 0 Å². The zero-order chi connectivity index (χ0) is 21.1. The van der Waals surface area contributed by atoms with Gasteiger partial charge in [0.1, 0.15) is 18.1 Å². The second-order valence-electron chi connectivity index (χ2n) is 7.24. The third-order valence-electron chi connectivity index (χ3n) is 4.54. The normalized spacial score (nSPS) is 11.2. The predicted molar refractivity (Wildman–Crippen MR) is 112 cm³/mol. The molecule has 0 saturated carbocycles. The van der Waals surface area contributed by atoms with E-state index in [1.807, 2.05) is 67.1 Å². The lowest BCUT2D eigenvalue weighted by molar-refractivity contribution is -0.117. The zero-order valence-corrected chi connectivity index (χ0v) is 17.1. The van der Waals surface area contributed by atoms with E-state index in [1.165, 1.54) is 4.68 Å². The molecule has 154 valence electrons. The minimum atomic E-state index is -0.268. The molecule has 0 fully saturated rings. The van der Waals surface area contributed by atoms with Crippen LogP contribution in [0.25, 0.3) is 10.9 Å². The maximum absolute atomic E-state index is 12.7. The summed E-state index contributed by atoms with van der Waals surface area (Å²) in [5.41, 5.74) is 1.99. The number of amides is 1. The molecule has 0 saturated heterocycles. The van der Waals surface area contributed by atoms with Crippen LogP contribution in [0, 0.1) is 6.92 Å². The Bertz CT molecular complexity index is 1160. The molecular weight excluding hydrogens is 382 g/mol. The van der Waals surface area contributed by atoms with E-state index in [0.29, 0.717) is 23.9 Å². The summed E-state index contributed by atoms with van der Waals surface area (Å²) in [5.74, 6) is 1.42. The first-order valence-corrected chi connectivity index (χ1v) is 9.74. The largest absolute Gasteiger partial charge is 0.490 e. The smallest absolute Gasteiger partial charge is 0.247 e. The van der Waals surface area contributed by atoms with Crippen LogP contribution in [0.1, 0.15) is 25.2 Å². The molecule has 1 N–H and O–H groups in total. The summed E-state index contributed by atoms with van der Waals surface area (Å²) in [6.07, 6.45) is -0.0134. The van der Waals surface area contributed by atoms with Crippen molar-refractivity contribution in [1.29, 1.82) is 0 Å². The molecule has 0 aliphatic heterocycles. The molecule has 9 nitrogen and oxygen atoms in total. The van der Waals surface area contributed by atoms with E-state index in [2.05, 4.69) is 25.9 Å². The number of tetrazole rings is 1. The number of rotatable bonds is 7. The van der Waals surface area contributed by atoms with E-state index in [9.17, 15) is 4.79 Å². The van der Waals surface area contributed by atoms with Crippen molar-refractivity contribution in [1.82, 2.24) is 30.0 Å². The molecule has 0 radical (unpaired) electrons. The number of benzene rings is 2. The molecule has 0 bridgehead atoms. The van der Waals surface area contributed by atoms with Crippen LogP contribution in [-0.4, -0.2) is 42.0 Å². The van der Waals surface area contributed by atoms with Gasteiger partial charge in [-0.25, -0.2) is 4.68 Å². The van der Waals surface area contributed by atoms with Gasteiger partial charge in [0, 0.05) is 0 Å². The van der Waals surface area contributed by atoms with Crippen molar-refractivity contribution in [3.05, 3.63) is 59.9 Å². The lowest BCUT2D eigenvalue weighted by Gasteiger charge is -2.12. The lowest BCUT2D eigenvalue weighted by atomic mass is 10.2. The van der Waals surface area contributed by atoms with E-state index in [-0.39, 0.29) is 18.6 Å². The summed E-state index contributed by atoms with van der Waals surface area (Å²) in [6, 6.07) is 15.8. The number of hydrogen-bond donors (Lipinski definition) is 1. The van der Waals surface area contributed by atoms with Gasteiger partial charge in [0.2, 0.25) is 5.91 Å². The molecule has 0 unspecified atom stereocenters. The fourth-order valence-corrected chi connectivity index (χ4v) is 3.22. The van der Waals surface area contributed by atoms with Gasteiger partial charge in [-0.15, -0.1) is 5.10 Å². The fraction of sp³-hybridized carbons (Fsp3) is 0.286. The molecule has 1 amide bonds. The molecule has 0 aliphatic rings. The number of hydrogen-bond acceptors (Lipinski definition) is 6. The molecule has 4 aromatic rings. The summed E-state index contributed by atoms with van der Waals surface area (Å²) >= 11 is 0. The Morgan fingerprint density at radius 1 is 1.10 bits per heavy atom. The highest BCUT2D eigenvalue weighted by Gasteiger charge is 2.19. The third-order valence-corrected chi connectivity index (χ3v) is 4.54. The Hall–Kier alpha value is -3.75. The topological polar surface area (TPSA) is 99.8 Å². The summed E-state index contributed by atoms with van der Waals surface area (Å²) in [4.78, 5) is 12.7. The molecule has 2 aromatic carbocycles. The monoisotopic (exact) mass is 405 g/mol. The van der Waals surface area contributed by atoms with Gasteiger partial charge < -0.3 is 10.1 Å². The van der Waals surface area contributed by atoms with Gasteiger partial charge >= 0.3 is 0 Å². The average molecular weight is 405 g/mol. The second-order valence-corrected chi connectivity index (χ2v) is 7.24. The predicted octanol–water partition coefficient (Wildman–Crippen LogP) is 2.81. The minimum absolute atomic E-state index is 0.000916. The first-order chi connectivity index (χ1) is 14.5. The van der Waals surface area contributed by atoms with Gasteiger partial charge in [0.05, 0.1) is 23.6 Å². The molecule has 4 rings (SSSR count). The first-order valence-electron chi connectivity index (χ1n) is 9.74. The van der Waals surface area contributed by atoms with Crippen LogP contribution >= 0.6 is 0 Å². The molecule has 2 heterocycles. The van der Waals surface area contributed by atoms with Crippen molar-refractivity contribution in [2.45, 2.75) is 40.0 Å². The molecule has 9 heteroatoms. The Labute approximate surface area is 173 Å². The zero-order valence-electron chi connectivity index (χ0n) is 17.1. The number of nitrogens with one attached hydrogen (secondary N) is 1. The van der Waals surface area contributed by atoms with Gasteiger partial charge in [-0.1, -0.05) is 36.4 Å². The number of aryl methyl sites for hydroxylation is 1. The van der Waals surface area contributed by atoms with E-state index >= 15 is 0 Å². The van der Waals surface area contributed by atoms with Gasteiger partial charge in [0.25, 0.3) is 0 Å².